The van der Waals surface area contributed by atoms with Gasteiger partial charge < -0.3 is 10.2 Å². The van der Waals surface area contributed by atoms with Crippen molar-refractivity contribution in [2.24, 2.45) is 0 Å². The average Bonchev–Trinajstić information content (AvgIpc) is 2.34. The first-order valence-corrected chi connectivity index (χ1v) is 6.80. The van der Waals surface area contributed by atoms with Crippen LogP contribution in [0.2, 0.25) is 10.0 Å². The molecular weight excluding hydrogens is 326 g/mol. The normalized spacial score (nSPS) is 9.95. The molecule has 2 nitrogen and oxygen atoms in total. The number of rotatable bonds is 7. The molecule has 0 bridgehead atoms. The molecule has 1 aromatic rings. The molecule has 19 heavy (non-hydrogen) atoms. The van der Waals surface area contributed by atoms with Crippen molar-refractivity contribution in [2.45, 2.75) is 20.4 Å². The maximum Gasteiger partial charge on any atom is 0.0595 e. The average molecular weight is 348 g/mol. The summed E-state index contributed by atoms with van der Waals surface area (Å²) in [5, 5.41) is 4.63. The molecule has 0 spiro atoms. The van der Waals surface area contributed by atoms with E-state index >= 15 is 0 Å². The van der Waals surface area contributed by atoms with E-state index < -0.39 is 0 Å². The molecule has 0 heterocycles. The predicted octanol–water partition coefficient (Wildman–Crippen LogP) is 4.27. The van der Waals surface area contributed by atoms with E-state index in [2.05, 4.69) is 24.1 Å². The highest BCUT2D eigenvalue weighted by molar-refractivity contribution is 6.42. The van der Waals surface area contributed by atoms with Crippen molar-refractivity contribution in [2.75, 3.05) is 26.2 Å². The van der Waals surface area contributed by atoms with E-state index in [4.69, 9.17) is 23.2 Å². The summed E-state index contributed by atoms with van der Waals surface area (Å²) >= 11 is 11.8. The van der Waals surface area contributed by atoms with Gasteiger partial charge in [0, 0.05) is 19.6 Å². The highest BCUT2D eigenvalue weighted by Gasteiger charge is 2.00. The zero-order chi connectivity index (χ0) is 12.7. The molecule has 1 N–H and O–H groups in total. The topological polar surface area (TPSA) is 15.3 Å². The lowest BCUT2D eigenvalue weighted by Gasteiger charge is -2.18. The summed E-state index contributed by atoms with van der Waals surface area (Å²) in [5.74, 6) is 0. The fourth-order valence-corrected chi connectivity index (χ4v) is 1.98. The van der Waals surface area contributed by atoms with Crippen LogP contribution in [0.15, 0.2) is 18.2 Å². The number of likely N-dealkylation sites (N-methyl/N-ethyl adjacent to an activating group) is 1. The van der Waals surface area contributed by atoms with Crippen molar-refractivity contribution >= 4 is 48.0 Å². The van der Waals surface area contributed by atoms with Crippen molar-refractivity contribution in [3.05, 3.63) is 33.8 Å². The molecule has 0 unspecified atom stereocenters. The second-order valence-corrected chi connectivity index (χ2v) is 4.77. The first-order valence-electron chi connectivity index (χ1n) is 6.04. The SMILES string of the molecule is CCN(CC)CCNCc1ccc(Cl)c(Cl)c1.Cl.Cl. The van der Waals surface area contributed by atoms with E-state index in [0.717, 1.165) is 32.7 Å². The summed E-state index contributed by atoms with van der Waals surface area (Å²) in [6, 6.07) is 5.75. The maximum absolute atomic E-state index is 5.95. The summed E-state index contributed by atoms with van der Waals surface area (Å²) in [6.07, 6.45) is 0. The second kappa shape index (κ2) is 12.1. The minimum Gasteiger partial charge on any atom is -0.311 e. The minimum atomic E-state index is 0. The molecular formula is C13H22Cl4N2. The monoisotopic (exact) mass is 346 g/mol. The largest absolute Gasteiger partial charge is 0.311 e. The Morgan fingerprint density at radius 3 is 2.21 bits per heavy atom. The van der Waals surface area contributed by atoms with E-state index in [9.17, 15) is 0 Å². The molecule has 0 saturated carbocycles. The van der Waals surface area contributed by atoms with E-state index in [-0.39, 0.29) is 24.8 Å². The van der Waals surface area contributed by atoms with Gasteiger partial charge in [0.15, 0.2) is 0 Å². The molecule has 1 rings (SSSR count). The summed E-state index contributed by atoms with van der Waals surface area (Å²) in [4.78, 5) is 2.39. The lowest BCUT2D eigenvalue weighted by Crippen LogP contribution is -2.31. The van der Waals surface area contributed by atoms with Crippen molar-refractivity contribution in [3.63, 3.8) is 0 Å². The molecule has 0 atom stereocenters. The Morgan fingerprint density at radius 2 is 1.68 bits per heavy atom. The first kappa shape index (κ1) is 21.6. The zero-order valence-electron chi connectivity index (χ0n) is 11.3. The summed E-state index contributed by atoms with van der Waals surface area (Å²) in [5.41, 5.74) is 1.17. The molecule has 0 radical (unpaired) electrons. The third-order valence-corrected chi connectivity index (χ3v) is 3.55. The fraction of sp³-hybridized carbons (Fsp3) is 0.538. The molecule has 1 aromatic carbocycles. The van der Waals surface area contributed by atoms with Crippen LogP contribution in [0.4, 0.5) is 0 Å². The van der Waals surface area contributed by atoms with Gasteiger partial charge in [-0.1, -0.05) is 43.1 Å². The maximum atomic E-state index is 5.95. The first-order chi connectivity index (χ1) is 8.17. The van der Waals surface area contributed by atoms with Crippen LogP contribution in [0.1, 0.15) is 19.4 Å². The molecule has 0 aliphatic carbocycles. The Bertz CT molecular complexity index is 343. The number of nitrogens with zero attached hydrogens (tertiary/aromatic N) is 1. The molecule has 0 aliphatic rings. The number of halogens is 4. The van der Waals surface area contributed by atoms with Gasteiger partial charge in [-0.3, -0.25) is 0 Å². The molecule has 6 heteroatoms. The Labute approximate surface area is 138 Å². The van der Waals surface area contributed by atoms with Gasteiger partial charge in [0.05, 0.1) is 10.0 Å². The van der Waals surface area contributed by atoms with Gasteiger partial charge in [0.25, 0.3) is 0 Å². The summed E-state index contributed by atoms with van der Waals surface area (Å²) in [6.45, 7) is 9.47. The molecule has 0 aromatic heterocycles. The van der Waals surface area contributed by atoms with E-state index in [0.29, 0.717) is 10.0 Å². The lowest BCUT2D eigenvalue weighted by molar-refractivity contribution is 0.302. The Kier molecular flexibility index (Phi) is 13.7. The van der Waals surface area contributed by atoms with E-state index in [1.54, 1.807) is 0 Å². The van der Waals surface area contributed by atoms with Crippen LogP contribution < -0.4 is 5.32 Å². The lowest BCUT2D eigenvalue weighted by atomic mass is 10.2. The van der Waals surface area contributed by atoms with Crippen molar-refractivity contribution in [1.82, 2.24) is 10.2 Å². The van der Waals surface area contributed by atoms with Gasteiger partial charge in [-0.25, -0.2) is 0 Å². The van der Waals surface area contributed by atoms with Gasteiger partial charge in [0.2, 0.25) is 0 Å². The highest BCUT2D eigenvalue weighted by Crippen LogP contribution is 2.22. The standard InChI is InChI=1S/C13H20Cl2N2.2ClH/c1-3-17(4-2)8-7-16-10-11-5-6-12(14)13(15)9-11;;/h5-6,9,16H,3-4,7-8,10H2,1-2H3;2*1H. The second-order valence-electron chi connectivity index (χ2n) is 3.95. The van der Waals surface area contributed by atoms with Crippen molar-refractivity contribution in [1.29, 1.82) is 0 Å². The Balaban J connectivity index is 0. The number of hydrogen-bond acceptors (Lipinski definition) is 2. The van der Waals surface area contributed by atoms with Crippen LogP contribution in [0.3, 0.4) is 0 Å². The smallest absolute Gasteiger partial charge is 0.0595 e. The van der Waals surface area contributed by atoms with Gasteiger partial charge >= 0.3 is 0 Å². The van der Waals surface area contributed by atoms with Gasteiger partial charge in [0.1, 0.15) is 0 Å². The third kappa shape index (κ3) is 8.23. The summed E-state index contributed by atoms with van der Waals surface area (Å²) in [7, 11) is 0. The minimum absolute atomic E-state index is 0. The highest BCUT2D eigenvalue weighted by atomic mass is 35.5. The number of nitrogens with one attached hydrogen (secondary N) is 1. The molecule has 0 amide bonds. The van der Waals surface area contributed by atoms with Gasteiger partial charge in [-0.15, -0.1) is 24.8 Å². The van der Waals surface area contributed by atoms with Crippen LogP contribution in [-0.4, -0.2) is 31.1 Å². The van der Waals surface area contributed by atoms with Gasteiger partial charge in [-0.05, 0) is 30.8 Å². The van der Waals surface area contributed by atoms with Crippen LogP contribution in [0, 0.1) is 0 Å². The van der Waals surface area contributed by atoms with E-state index in [1.807, 2.05) is 18.2 Å². The number of hydrogen-bond donors (Lipinski definition) is 1. The quantitative estimate of drug-likeness (QED) is 0.741. The van der Waals surface area contributed by atoms with Crippen LogP contribution in [0.25, 0.3) is 0 Å². The number of benzene rings is 1. The van der Waals surface area contributed by atoms with Crippen molar-refractivity contribution in [3.8, 4) is 0 Å². The van der Waals surface area contributed by atoms with E-state index in [1.165, 1.54) is 5.56 Å². The molecule has 0 saturated heterocycles. The fourth-order valence-electron chi connectivity index (χ4n) is 1.66. The predicted molar refractivity (Wildman–Crippen MR) is 90.5 cm³/mol. The molecule has 0 aliphatic heterocycles. The third-order valence-electron chi connectivity index (χ3n) is 2.81. The van der Waals surface area contributed by atoms with Crippen LogP contribution in [-0.2, 0) is 6.54 Å². The summed E-state index contributed by atoms with van der Waals surface area (Å²) < 4.78 is 0. The van der Waals surface area contributed by atoms with Crippen LogP contribution >= 0.6 is 48.0 Å². The molecule has 112 valence electrons. The molecule has 0 fully saturated rings. The van der Waals surface area contributed by atoms with Gasteiger partial charge in [-0.2, -0.15) is 0 Å². The Hall–Kier alpha value is 0.300. The zero-order valence-corrected chi connectivity index (χ0v) is 14.4. The van der Waals surface area contributed by atoms with Crippen molar-refractivity contribution < 1.29 is 0 Å². The van der Waals surface area contributed by atoms with Crippen LogP contribution in [0.5, 0.6) is 0 Å². The Morgan fingerprint density at radius 1 is 1.05 bits per heavy atom.